The summed E-state index contributed by atoms with van der Waals surface area (Å²) in [5.74, 6) is 0.406. The van der Waals surface area contributed by atoms with E-state index in [1.807, 2.05) is 18.2 Å². The van der Waals surface area contributed by atoms with Gasteiger partial charge in [-0.2, -0.15) is 0 Å². The smallest absolute Gasteiger partial charge is 0.213 e. The molecule has 0 saturated heterocycles. The first kappa shape index (κ1) is 13.1. The normalized spacial score (nSPS) is 10.4. The molecule has 94 valence electrons. The maximum atomic E-state index is 9.08. The third-order valence-electron chi connectivity index (χ3n) is 2.41. The van der Waals surface area contributed by atoms with Crippen LogP contribution in [0.4, 0.5) is 0 Å². The number of pyridine rings is 1. The van der Waals surface area contributed by atoms with Gasteiger partial charge in [-0.15, -0.1) is 0 Å². The van der Waals surface area contributed by atoms with E-state index in [4.69, 9.17) is 33.0 Å². The van der Waals surface area contributed by atoms with Crippen molar-refractivity contribution in [2.24, 2.45) is 0 Å². The Hall–Kier alpha value is -1.29. The summed E-state index contributed by atoms with van der Waals surface area (Å²) >= 11 is 11.9. The number of rotatable bonds is 4. The number of aliphatic hydroxyl groups excluding tert-OH is 1. The van der Waals surface area contributed by atoms with Gasteiger partial charge in [0.05, 0.1) is 11.6 Å². The molecule has 1 heterocycles. The van der Waals surface area contributed by atoms with Crippen molar-refractivity contribution in [3.8, 4) is 5.88 Å². The summed E-state index contributed by atoms with van der Waals surface area (Å²) in [5.41, 5.74) is 1.46. The van der Waals surface area contributed by atoms with Crippen LogP contribution in [0.3, 0.4) is 0 Å². The van der Waals surface area contributed by atoms with Gasteiger partial charge in [0.15, 0.2) is 0 Å². The van der Waals surface area contributed by atoms with Gasteiger partial charge in [-0.1, -0.05) is 41.4 Å². The Morgan fingerprint density at radius 3 is 2.61 bits per heavy atom. The molecular formula is C13H11Cl2NO2. The molecule has 0 unspecified atom stereocenters. The molecule has 0 amide bonds. The van der Waals surface area contributed by atoms with Gasteiger partial charge in [-0.3, -0.25) is 0 Å². The van der Waals surface area contributed by atoms with Crippen LogP contribution in [0, 0.1) is 0 Å². The van der Waals surface area contributed by atoms with E-state index < -0.39 is 0 Å². The van der Waals surface area contributed by atoms with Gasteiger partial charge >= 0.3 is 0 Å². The lowest BCUT2D eigenvalue weighted by Gasteiger charge is -2.08. The minimum atomic E-state index is -0.149. The molecule has 0 aliphatic heterocycles. The quantitative estimate of drug-likeness (QED) is 0.934. The minimum Gasteiger partial charge on any atom is -0.473 e. The van der Waals surface area contributed by atoms with Crippen LogP contribution in [0.15, 0.2) is 36.5 Å². The predicted molar refractivity (Wildman–Crippen MR) is 71.0 cm³/mol. The molecule has 0 bridgehead atoms. The number of hydrogen-bond donors (Lipinski definition) is 1. The van der Waals surface area contributed by atoms with E-state index in [0.29, 0.717) is 28.1 Å². The van der Waals surface area contributed by atoms with Gasteiger partial charge in [0.1, 0.15) is 6.61 Å². The van der Waals surface area contributed by atoms with Gasteiger partial charge in [0.2, 0.25) is 5.88 Å². The van der Waals surface area contributed by atoms with Crippen molar-refractivity contribution in [3.05, 3.63) is 57.7 Å². The van der Waals surface area contributed by atoms with E-state index in [1.54, 1.807) is 12.1 Å². The number of aromatic nitrogens is 1. The van der Waals surface area contributed by atoms with Crippen LogP contribution < -0.4 is 4.74 Å². The maximum absolute atomic E-state index is 9.08. The Bertz CT molecular complexity index is 546. The van der Waals surface area contributed by atoms with Gasteiger partial charge in [0.25, 0.3) is 0 Å². The summed E-state index contributed by atoms with van der Waals surface area (Å²) in [6, 6.07) is 9.04. The highest BCUT2D eigenvalue weighted by atomic mass is 35.5. The fourth-order valence-electron chi connectivity index (χ4n) is 1.43. The Labute approximate surface area is 115 Å². The first-order valence-corrected chi connectivity index (χ1v) is 6.08. The van der Waals surface area contributed by atoms with E-state index in [2.05, 4.69) is 4.98 Å². The summed E-state index contributed by atoms with van der Waals surface area (Å²) in [6.45, 7) is 0.170. The van der Waals surface area contributed by atoms with Gasteiger partial charge < -0.3 is 9.84 Å². The lowest BCUT2D eigenvalue weighted by Crippen LogP contribution is -1.99. The van der Waals surface area contributed by atoms with Crippen molar-refractivity contribution >= 4 is 23.2 Å². The standard InChI is InChI=1S/C13H11Cl2NO2/c14-11-4-2-1-3-9(11)8-18-13-5-10(7-17)12(15)6-16-13/h1-6,17H,7-8H2. The van der Waals surface area contributed by atoms with E-state index >= 15 is 0 Å². The molecule has 2 rings (SSSR count). The fraction of sp³-hybridized carbons (Fsp3) is 0.154. The van der Waals surface area contributed by atoms with Crippen molar-refractivity contribution in [1.29, 1.82) is 0 Å². The van der Waals surface area contributed by atoms with Crippen molar-refractivity contribution in [1.82, 2.24) is 4.98 Å². The van der Waals surface area contributed by atoms with Crippen molar-refractivity contribution in [3.63, 3.8) is 0 Å². The van der Waals surface area contributed by atoms with Gasteiger partial charge in [0, 0.05) is 28.4 Å². The van der Waals surface area contributed by atoms with Crippen LogP contribution in [0.5, 0.6) is 5.88 Å². The summed E-state index contributed by atoms with van der Waals surface area (Å²) in [7, 11) is 0. The van der Waals surface area contributed by atoms with Crippen LogP contribution in [-0.2, 0) is 13.2 Å². The molecule has 0 aliphatic rings. The third-order valence-corrected chi connectivity index (χ3v) is 3.12. The first-order valence-electron chi connectivity index (χ1n) is 5.32. The summed E-state index contributed by atoms with van der Waals surface area (Å²) < 4.78 is 5.51. The molecule has 0 spiro atoms. The second-order valence-electron chi connectivity index (χ2n) is 3.65. The molecule has 0 aliphatic carbocycles. The average molecular weight is 284 g/mol. The third kappa shape index (κ3) is 3.13. The Morgan fingerprint density at radius 1 is 1.11 bits per heavy atom. The molecule has 3 nitrogen and oxygen atoms in total. The number of hydrogen-bond acceptors (Lipinski definition) is 3. The maximum Gasteiger partial charge on any atom is 0.213 e. The van der Waals surface area contributed by atoms with E-state index in [1.165, 1.54) is 6.20 Å². The molecule has 1 N–H and O–H groups in total. The number of ether oxygens (including phenoxy) is 1. The summed E-state index contributed by atoms with van der Waals surface area (Å²) in [5, 5.41) is 10.1. The molecular weight excluding hydrogens is 273 g/mol. The predicted octanol–water partition coefficient (Wildman–Crippen LogP) is 3.46. The first-order chi connectivity index (χ1) is 8.70. The van der Waals surface area contributed by atoms with Crippen LogP contribution in [-0.4, -0.2) is 10.1 Å². The zero-order valence-electron chi connectivity index (χ0n) is 9.44. The fourth-order valence-corrected chi connectivity index (χ4v) is 1.78. The molecule has 0 fully saturated rings. The number of halogens is 2. The molecule has 18 heavy (non-hydrogen) atoms. The van der Waals surface area contributed by atoms with Crippen LogP contribution >= 0.6 is 23.2 Å². The van der Waals surface area contributed by atoms with Crippen molar-refractivity contribution in [2.45, 2.75) is 13.2 Å². The van der Waals surface area contributed by atoms with E-state index in [9.17, 15) is 0 Å². The summed E-state index contributed by atoms with van der Waals surface area (Å²) in [6.07, 6.45) is 1.45. The Kier molecular flexibility index (Phi) is 4.42. The Morgan fingerprint density at radius 2 is 1.89 bits per heavy atom. The molecule has 0 radical (unpaired) electrons. The molecule has 5 heteroatoms. The zero-order chi connectivity index (χ0) is 13.0. The lowest BCUT2D eigenvalue weighted by atomic mass is 10.2. The SMILES string of the molecule is OCc1cc(OCc2ccccc2Cl)ncc1Cl. The monoisotopic (exact) mass is 283 g/mol. The number of benzene rings is 1. The van der Waals surface area contributed by atoms with Crippen LogP contribution in [0.2, 0.25) is 10.0 Å². The van der Waals surface area contributed by atoms with E-state index in [-0.39, 0.29) is 6.61 Å². The topological polar surface area (TPSA) is 42.4 Å². The second kappa shape index (κ2) is 6.05. The van der Waals surface area contributed by atoms with Crippen molar-refractivity contribution in [2.75, 3.05) is 0 Å². The second-order valence-corrected chi connectivity index (χ2v) is 4.47. The molecule has 0 saturated carbocycles. The average Bonchev–Trinajstić information content (AvgIpc) is 2.39. The molecule has 0 atom stereocenters. The zero-order valence-corrected chi connectivity index (χ0v) is 10.9. The number of nitrogens with zero attached hydrogens (tertiary/aromatic N) is 1. The van der Waals surface area contributed by atoms with Crippen molar-refractivity contribution < 1.29 is 9.84 Å². The lowest BCUT2D eigenvalue weighted by molar-refractivity contribution is 0.275. The van der Waals surface area contributed by atoms with Gasteiger partial charge in [-0.05, 0) is 6.07 Å². The minimum absolute atomic E-state index is 0.149. The highest BCUT2D eigenvalue weighted by Gasteiger charge is 2.05. The molecule has 1 aromatic carbocycles. The van der Waals surface area contributed by atoms with E-state index in [0.717, 1.165) is 5.56 Å². The van der Waals surface area contributed by atoms with Gasteiger partial charge in [-0.25, -0.2) is 4.98 Å². The highest BCUT2D eigenvalue weighted by Crippen LogP contribution is 2.21. The molecule has 1 aromatic heterocycles. The van der Waals surface area contributed by atoms with Crippen LogP contribution in [0.25, 0.3) is 0 Å². The molecule has 2 aromatic rings. The Balaban J connectivity index is 2.09. The highest BCUT2D eigenvalue weighted by molar-refractivity contribution is 6.31. The summed E-state index contributed by atoms with van der Waals surface area (Å²) in [4.78, 5) is 4.02. The largest absolute Gasteiger partial charge is 0.473 e. The van der Waals surface area contributed by atoms with Crippen LogP contribution in [0.1, 0.15) is 11.1 Å². The number of aliphatic hydroxyl groups is 1.